The van der Waals surface area contributed by atoms with Gasteiger partial charge in [0, 0.05) is 11.1 Å². The quantitative estimate of drug-likeness (QED) is 0.437. The highest BCUT2D eigenvalue weighted by molar-refractivity contribution is 7.99. The van der Waals surface area contributed by atoms with Crippen molar-refractivity contribution >= 4 is 23.4 Å². The molecule has 0 aromatic heterocycles. The van der Waals surface area contributed by atoms with Crippen LogP contribution in [0.3, 0.4) is 0 Å². The van der Waals surface area contributed by atoms with Gasteiger partial charge in [0.05, 0.1) is 0 Å². The van der Waals surface area contributed by atoms with Crippen molar-refractivity contribution in [2.45, 2.75) is 44.8 Å². The van der Waals surface area contributed by atoms with E-state index in [2.05, 4.69) is 25.6 Å². The van der Waals surface area contributed by atoms with E-state index in [1.165, 1.54) is 31.4 Å². The predicted molar refractivity (Wildman–Crippen MR) is 56.8 cm³/mol. The van der Waals surface area contributed by atoms with Crippen LogP contribution in [0.15, 0.2) is 0 Å². The number of rotatable bonds is 7. The van der Waals surface area contributed by atoms with Crippen LogP contribution < -0.4 is 0 Å². The summed E-state index contributed by atoms with van der Waals surface area (Å²) >= 11 is 7.65. The number of hydrogen-bond donors (Lipinski definition) is 0. The second kappa shape index (κ2) is 8.73. The summed E-state index contributed by atoms with van der Waals surface area (Å²) in [4.78, 5) is 0. The molecule has 1 atom stereocenters. The van der Waals surface area contributed by atoms with Crippen molar-refractivity contribution in [1.82, 2.24) is 0 Å². The van der Waals surface area contributed by atoms with Gasteiger partial charge in [-0.25, -0.2) is 0 Å². The Morgan fingerprint density at radius 2 is 2.00 bits per heavy atom. The smallest absolute Gasteiger partial charge is 0.0223 e. The van der Waals surface area contributed by atoms with Crippen LogP contribution in [0, 0.1) is 0 Å². The van der Waals surface area contributed by atoms with Crippen LogP contribution in [-0.2, 0) is 0 Å². The Morgan fingerprint density at radius 1 is 1.27 bits per heavy atom. The summed E-state index contributed by atoms with van der Waals surface area (Å²) in [5, 5.41) is 0.839. The van der Waals surface area contributed by atoms with Gasteiger partial charge in [0.15, 0.2) is 0 Å². The minimum absolute atomic E-state index is 0.827. The molecule has 0 aliphatic carbocycles. The monoisotopic (exact) mass is 194 g/mol. The fourth-order valence-corrected chi connectivity index (χ4v) is 1.97. The maximum Gasteiger partial charge on any atom is 0.0223 e. The second-order valence-corrected chi connectivity index (χ2v) is 4.76. The van der Waals surface area contributed by atoms with E-state index in [-0.39, 0.29) is 0 Å². The first-order chi connectivity index (χ1) is 5.31. The largest absolute Gasteiger partial charge is 0.159 e. The number of alkyl halides is 1. The Morgan fingerprint density at radius 3 is 2.55 bits per heavy atom. The van der Waals surface area contributed by atoms with Crippen LogP contribution in [0.25, 0.3) is 0 Å². The molecule has 0 fully saturated rings. The van der Waals surface area contributed by atoms with Gasteiger partial charge in [-0.15, -0.1) is 11.6 Å². The highest BCUT2D eigenvalue weighted by atomic mass is 35.5. The third-order valence-electron chi connectivity index (χ3n) is 1.76. The zero-order valence-electron chi connectivity index (χ0n) is 7.61. The summed E-state index contributed by atoms with van der Waals surface area (Å²) in [6, 6.07) is 0. The average molecular weight is 195 g/mol. The van der Waals surface area contributed by atoms with Gasteiger partial charge in [0.1, 0.15) is 0 Å². The van der Waals surface area contributed by atoms with Gasteiger partial charge >= 0.3 is 0 Å². The van der Waals surface area contributed by atoms with Crippen LogP contribution in [0.4, 0.5) is 0 Å². The molecule has 0 N–H and O–H groups in total. The lowest BCUT2D eigenvalue weighted by Gasteiger charge is -2.06. The van der Waals surface area contributed by atoms with Crippen LogP contribution in [0.5, 0.6) is 0 Å². The van der Waals surface area contributed by atoms with Crippen molar-refractivity contribution in [2.75, 3.05) is 11.6 Å². The van der Waals surface area contributed by atoms with Crippen LogP contribution in [0.2, 0.25) is 0 Å². The molecule has 0 spiro atoms. The summed E-state index contributed by atoms with van der Waals surface area (Å²) in [6.07, 6.45) is 5.11. The van der Waals surface area contributed by atoms with E-state index >= 15 is 0 Å². The minimum atomic E-state index is 0.827. The van der Waals surface area contributed by atoms with Crippen molar-refractivity contribution in [3.63, 3.8) is 0 Å². The highest BCUT2D eigenvalue weighted by Gasteiger charge is 1.97. The molecule has 1 unspecified atom stereocenters. The van der Waals surface area contributed by atoms with Crippen LogP contribution >= 0.6 is 23.4 Å². The first kappa shape index (κ1) is 11.6. The van der Waals surface area contributed by atoms with Crippen molar-refractivity contribution in [1.29, 1.82) is 0 Å². The standard InChI is InChI=1S/C9H19ClS/c1-3-9(2)11-8-6-4-5-7-10/h9H,3-8H2,1-2H3. The van der Waals surface area contributed by atoms with Crippen molar-refractivity contribution in [2.24, 2.45) is 0 Å². The first-order valence-electron chi connectivity index (χ1n) is 4.48. The maximum atomic E-state index is 5.56. The van der Waals surface area contributed by atoms with Crippen LogP contribution in [-0.4, -0.2) is 16.9 Å². The van der Waals surface area contributed by atoms with E-state index in [9.17, 15) is 0 Å². The number of hydrogen-bond acceptors (Lipinski definition) is 1. The third kappa shape index (κ3) is 8.55. The van der Waals surface area contributed by atoms with Gasteiger partial charge in [-0.2, -0.15) is 11.8 Å². The van der Waals surface area contributed by atoms with Gasteiger partial charge in [0.25, 0.3) is 0 Å². The van der Waals surface area contributed by atoms with Gasteiger partial charge in [-0.1, -0.05) is 20.3 Å². The van der Waals surface area contributed by atoms with Crippen LogP contribution in [0.1, 0.15) is 39.5 Å². The molecular weight excluding hydrogens is 176 g/mol. The molecule has 0 heterocycles. The fraction of sp³-hybridized carbons (Fsp3) is 1.00. The molecule has 0 saturated heterocycles. The number of halogens is 1. The van der Waals surface area contributed by atoms with Gasteiger partial charge in [0.2, 0.25) is 0 Å². The topological polar surface area (TPSA) is 0 Å². The predicted octanol–water partition coefficient (Wildman–Crippen LogP) is 3.93. The molecule has 0 radical (unpaired) electrons. The van der Waals surface area contributed by atoms with Crippen molar-refractivity contribution in [3.05, 3.63) is 0 Å². The van der Waals surface area contributed by atoms with Gasteiger partial charge in [-0.05, 0) is 25.0 Å². The summed E-state index contributed by atoms with van der Waals surface area (Å²) < 4.78 is 0. The lowest BCUT2D eigenvalue weighted by molar-refractivity contribution is 0.779. The molecule has 2 heteroatoms. The molecular formula is C9H19ClS. The molecule has 0 nitrogen and oxygen atoms in total. The van der Waals surface area contributed by atoms with Gasteiger partial charge in [-0.3, -0.25) is 0 Å². The molecule has 68 valence electrons. The first-order valence-corrected chi connectivity index (χ1v) is 6.07. The Bertz CT molecular complexity index is 76.0. The summed E-state index contributed by atoms with van der Waals surface area (Å²) in [6.45, 7) is 4.54. The molecule has 0 aromatic rings. The van der Waals surface area contributed by atoms with E-state index in [0.717, 1.165) is 11.1 Å². The summed E-state index contributed by atoms with van der Waals surface area (Å²) in [5.41, 5.74) is 0. The van der Waals surface area contributed by atoms with Crippen molar-refractivity contribution in [3.8, 4) is 0 Å². The van der Waals surface area contributed by atoms with E-state index in [1.807, 2.05) is 0 Å². The minimum Gasteiger partial charge on any atom is -0.159 e. The van der Waals surface area contributed by atoms with E-state index < -0.39 is 0 Å². The number of thioether (sulfide) groups is 1. The fourth-order valence-electron chi connectivity index (χ4n) is 0.776. The van der Waals surface area contributed by atoms with E-state index in [1.54, 1.807) is 0 Å². The second-order valence-electron chi connectivity index (χ2n) is 2.84. The Labute approximate surface area is 80.1 Å². The van der Waals surface area contributed by atoms with Crippen molar-refractivity contribution < 1.29 is 0 Å². The normalized spacial score (nSPS) is 13.4. The maximum absolute atomic E-state index is 5.56. The Balaban J connectivity index is 2.89. The molecule has 0 amide bonds. The Hall–Kier alpha value is 0.640. The van der Waals surface area contributed by atoms with E-state index in [4.69, 9.17) is 11.6 Å². The molecule has 0 rings (SSSR count). The Kier molecular flexibility index (Phi) is 9.24. The average Bonchev–Trinajstić information content (AvgIpc) is 2.04. The highest BCUT2D eigenvalue weighted by Crippen LogP contribution is 2.15. The van der Waals surface area contributed by atoms with Gasteiger partial charge < -0.3 is 0 Å². The lowest BCUT2D eigenvalue weighted by Crippen LogP contribution is -1.94. The zero-order valence-corrected chi connectivity index (χ0v) is 9.18. The molecule has 0 bridgehead atoms. The lowest BCUT2D eigenvalue weighted by atomic mass is 10.3. The molecule has 0 aliphatic heterocycles. The molecule has 11 heavy (non-hydrogen) atoms. The zero-order chi connectivity index (χ0) is 8.53. The van der Waals surface area contributed by atoms with E-state index in [0.29, 0.717) is 0 Å². The summed E-state index contributed by atoms with van der Waals surface area (Å²) in [7, 11) is 0. The number of unbranched alkanes of at least 4 members (excludes halogenated alkanes) is 2. The third-order valence-corrected chi connectivity index (χ3v) is 3.45. The SMILES string of the molecule is CCC(C)SCCCCCCl. The molecule has 0 aliphatic rings. The summed E-state index contributed by atoms with van der Waals surface area (Å²) in [5.74, 6) is 2.14. The molecule has 0 aromatic carbocycles. The molecule has 0 saturated carbocycles.